The Labute approximate surface area is 157 Å². The summed E-state index contributed by atoms with van der Waals surface area (Å²) < 4.78 is 10.2. The predicted octanol–water partition coefficient (Wildman–Crippen LogP) is 4.70. The normalized spacial score (nSPS) is 16.1. The molecule has 0 saturated carbocycles. The summed E-state index contributed by atoms with van der Waals surface area (Å²) >= 11 is 0. The number of allylic oxidation sites excluding steroid dienone is 2. The lowest BCUT2D eigenvalue weighted by Gasteiger charge is -2.19. The Kier molecular flexibility index (Phi) is 9.25. The molecule has 0 saturated heterocycles. The van der Waals surface area contributed by atoms with Crippen LogP contribution in [0.1, 0.15) is 69.2 Å². The van der Waals surface area contributed by atoms with Gasteiger partial charge in [-0.25, -0.2) is 9.59 Å². The summed E-state index contributed by atoms with van der Waals surface area (Å²) in [5.74, 6) is -0.991. The molecule has 2 unspecified atom stereocenters. The highest BCUT2D eigenvalue weighted by Gasteiger charge is 2.19. The van der Waals surface area contributed by atoms with Crippen LogP contribution in [0.15, 0.2) is 23.3 Å². The lowest BCUT2D eigenvalue weighted by Crippen LogP contribution is -2.25. The maximum atomic E-state index is 12.0. The molecule has 150 valence electrons. The van der Waals surface area contributed by atoms with Crippen molar-refractivity contribution < 1.29 is 28.8 Å². The van der Waals surface area contributed by atoms with E-state index in [1.807, 2.05) is 53.7 Å². The molecule has 0 aromatic heterocycles. The molecule has 26 heavy (non-hydrogen) atoms. The Bertz CT molecular complexity index is 496. The van der Waals surface area contributed by atoms with Crippen LogP contribution in [0.25, 0.3) is 0 Å². The fourth-order valence-electron chi connectivity index (χ4n) is 2.10. The van der Waals surface area contributed by atoms with E-state index in [1.165, 1.54) is 13.8 Å². The average Bonchev–Trinajstić information content (AvgIpc) is 2.41. The van der Waals surface area contributed by atoms with Gasteiger partial charge in [0.25, 0.3) is 0 Å². The van der Waals surface area contributed by atoms with Crippen molar-refractivity contribution in [2.45, 2.75) is 81.8 Å². The van der Waals surface area contributed by atoms with Crippen molar-refractivity contribution in [3.63, 3.8) is 0 Å². The highest BCUT2D eigenvalue weighted by molar-refractivity contribution is 5.88. The molecule has 0 heterocycles. The number of carbonyl (C=O) groups excluding carboxylic acids is 2. The Balaban J connectivity index is 4.45. The van der Waals surface area contributed by atoms with Gasteiger partial charge in [0.1, 0.15) is 0 Å². The topological polar surface area (TPSA) is 71.1 Å². The van der Waals surface area contributed by atoms with Gasteiger partial charge in [0.05, 0.1) is 0 Å². The summed E-state index contributed by atoms with van der Waals surface area (Å²) in [5, 5.41) is 0. The molecule has 2 atom stereocenters. The summed E-state index contributed by atoms with van der Waals surface area (Å²) in [7, 11) is 0. The molecule has 6 nitrogen and oxygen atoms in total. The first kappa shape index (κ1) is 24.3. The van der Waals surface area contributed by atoms with E-state index in [2.05, 4.69) is 0 Å². The van der Waals surface area contributed by atoms with E-state index < -0.39 is 24.5 Å². The van der Waals surface area contributed by atoms with Gasteiger partial charge in [-0.1, -0.05) is 53.7 Å². The van der Waals surface area contributed by atoms with Crippen LogP contribution in [-0.2, 0) is 28.8 Å². The zero-order chi connectivity index (χ0) is 20.7. The van der Waals surface area contributed by atoms with Crippen LogP contribution in [0.5, 0.6) is 0 Å². The summed E-state index contributed by atoms with van der Waals surface area (Å²) in [6.45, 7) is 18.3. The van der Waals surface area contributed by atoms with Crippen LogP contribution in [0, 0.1) is 10.8 Å². The minimum absolute atomic E-state index is 0.134. The lowest BCUT2D eigenvalue weighted by molar-refractivity contribution is -0.414. The fraction of sp³-hybridized carbons (Fsp3) is 0.700. The first-order valence-corrected chi connectivity index (χ1v) is 8.74. The number of esters is 2. The van der Waals surface area contributed by atoms with Gasteiger partial charge in [0.2, 0.25) is 12.6 Å². The fourth-order valence-corrected chi connectivity index (χ4v) is 2.10. The summed E-state index contributed by atoms with van der Waals surface area (Å²) in [5.41, 5.74) is 0.695. The second-order valence-electron chi connectivity index (χ2n) is 8.53. The smallest absolute Gasteiger partial charge is 0.335 e. The molecule has 0 fully saturated rings. The molecular formula is C20H34O6. The summed E-state index contributed by atoms with van der Waals surface area (Å²) in [6, 6.07) is 0. The minimum Gasteiger partial charge on any atom is -0.430 e. The van der Waals surface area contributed by atoms with Crippen LogP contribution >= 0.6 is 0 Å². The molecule has 0 aromatic carbocycles. The third-order valence-corrected chi connectivity index (χ3v) is 2.82. The summed E-state index contributed by atoms with van der Waals surface area (Å²) in [6.07, 6.45) is 1.74. The van der Waals surface area contributed by atoms with E-state index in [0.29, 0.717) is 11.1 Å². The van der Waals surface area contributed by atoms with Gasteiger partial charge in [0.15, 0.2) is 0 Å². The van der Waals surface area contributed by atoms with E-state index in [9.17, 15) is 9.59 Å². The number of ether oxygens (including phenoxy) is 2. The van der Waals surface area contributed by atoms with Crippen molar-refractivity contribution in [3.8, 4) is 0 Å². The Hall–Kier alpha value is -1.66. The highest BCUT2D eigenvalue weighted by Crippen LogP contribution is 2.19. The largest absolute Gasteiger partial charge is 0.430 e. The number of carbonyl (C=O) groups is 2. The average molecular weight is 370 g/mol. The van der Waals surface area contributed by atoms with Crippen LogP contribution in [0.4, 0.5) is 0 Å². The molecule has 0 aliphatic carbocycles. The molecule has 0 bridgehead atoms. The molecule has 0 amide bonds. The maximum absolute atomic E-state index is 12.0. The molecule has 6 heteroatoms. The first-order chi connectivity index (χ1) is 11.6. The van der Waals surface area contributed by atoms with E-state index >= 15 is 0 Å². The van der Waals surface area contributed by atoms with E-state index in [0.717, 1.165) is 0 Å². The number of hydrogen-bond donors (Lipinski definition) is 0. The van der Waals surface area contributed by atoms with Crippen LogP contribution in [0.2, 0.25) is 0 Å². The molecule has 0 rings (SSSR count). The van der Waals surface area contributed by atoms with Crippen LogP contribution in [0.3, 0.4) is 0 Å². The van der Waals surface area contributed by atoms with Crippen molar-refractivity contribution in [3.05, 3.63) is 23.3 Å². The standard InChI is InChI=1S/C20H34O6/c1-13(11-19(5,6)7)17(21)23-15(3)25-26-16(4)24-18(22)14(2)12-20(8,9)10/h11-12,15-16H,1-10H3. The molecule has 0 aliphatic heterocycles. The van der Waals surface area contributed by atoms with Gasteiger partial charge in [-0.15, -0.1) is 0 Å². The zero-order valence-corrected chi connectivity index (χ0v) is 17.8. The third kappa shape index (κ3) is 11.8. The minimum atomic E-state index is -0.946. The molecular weight excluding hydrogens is 336 g/mol. The van der Waals surface area contributed by atoms with Crippen molar-refractivity contribution >= 4 is 11.9 Å². The second-order valence-corrected chi connectivity index (χ2v) is 8.53. The second kappa shape index (κ2) is 9.88. The third-order valence-electron chi connectivity index (χ3n) is 2.82. The van der Waals surface area contributed by atoms with Gasteiger partial charge in [-0.3, -0.25) is 0 Å². The first-order valence-electron chi connectivity index (χ1n) is 8.74. The van der Waals surface area contributed by atoms with Gasteiger partial charge in [-0.05, 0) is 24.7 Å². The van der Waals surface area contributed by atoms with Gasteiger partial charge < -0.3 is 9.47 Å². The molecule has 0 aromatic rings. The molecule has 0 aliphatic rings. The van der Waals surface area contributed by atoms with Crippen molar-refractivity contribution in [1.29, 1.82) is 0 Å². The predicted molar refractivity (Wildman–Crippen MR) is 99.7 cm³/mol. The van der Waals surface area contributed by atoms with E-state index in [-0.39, 0.29) is 10.8 Å². The Morgan fingerprint density at radius 1 is 0.692 bits per heavy atom. The molecule has 0 spiro atoms. The molecule has 0 N–H and O–H groups in total. The monoisotopic (exact) mass is 370 g/mol. The van der Waals surface area contributed by atoms with Crippen LogP contribution in [-0.4, -0.2) is 24.5 Å². The SMILES string of the molecule is CC(=CC(C)(C)C)C(=O)OC(C)OOC(C)OC(=O)C(C)=CC(C)(C)C. The number of rotatable bonds is 7. The number of hydrogen-bond acceptors (Lipinski definition) is 6. The zero-order valence-electron chi connectivity index (χ0n) is 17.8. The van der Waals surface area contributed by atoms with Gasteiger partial charge in [0, 0.05) is 25.0 Å². The van der Waals surface area contributed by atoms with Gasteiger partial charge >= 0.3 is 11.9 Å². The molecule has 0 radical (unpaired) electrons. The highest BCUT2D eigenvalue weighted by atomic mass is 17.2. The maximum Gasteiger partial charge on any atom is 0.335 e. The van der Waals surface area contributed by atoms with Crippen molar-refractivity contribution in [1.82, 2.24) is 0 Å². The Morgan fingerprint density at radius 3 is 1.19 bits per heavy atom. The van der Waals surface area contributed by atoms with Gasteiger partial charge in [-0.2, -0.15) is 9.78 Å². The quantitative estimate of drug-likeness (QED) is 0.213. The Morgan fingerprint density at radius 2 is 0.962 bits per heavy atom. The van der Waals surface area contributed by atoms with Crippen LogP contribution < -0.4 is 0 Å². The summed E-state index contributed by atoms with van der Waals surface area (Å²) in [4.78, 5) is 33.9. The van der Waals surface area contributed by atoms with Crippen molar-refractivity contribution in [2.24, 2.45) is 10.8 Å². The van der Waals surface area contributed by atoms with E-state index in [1.54, 1.807) is 13.8 Å². The van der Waals surface area contributed by atoms with Crippen molar-refractivity contribution in [2.75, 3.05) is 0 Å². The lowest BCUT2D eigenvalue weighted by atomic mass is 9.94. The van der Waals surface area contributed by atoms with E-state index in [4.69, 9.17) is 19.2 Å².